The standard InChI is InChI=1S/C11H12AtNO4/c1-6(14)13-9(11(16)17)5-7-2-3-10(15)8(12)4-7/h2-4,9,15H,5H2,1H3,(H,13,14)(H,16,17)/t9-/m0/s1. The second kappa shape index (κ2) is 5.96. The molecule has 1 atom stereocenters. The Kier molecular flexibility index (Phi) is 4.88. The molecule has 1 amide bonds. The first-order valence-corrected chi connectivity index (χ1v) is 6.34. The number of carbonyl (C=O) groups is 2. The third-order valence-electron chi connectivity index (χ3n) is 2.13. The number of benzene rings is 1. The van der Waals surface area contributed by atoms with Gasteiger partial charge in [0.2, 0.25) is 0 Å². The molecule has 0 spiro atoms. The van der Waals surface area contributed by atoms with E-state index in [2.05, 4.69) is 5.32 Å². The van der Waals surface area contributed by atoms with Gasteiger partial charge in [0.25, 0.3) is 0 Å². The van der Waals surface area contributed by atoms with Crippen molar-refractivity contribution in [1.82, 2.24) is 5.32 Å². The number of aliphatic carboxylic acids is 1. The molecule has 17 heavy (non-hydrogen) atoms. The number of hydrogen-bond donors (Lipinski definition) is 3. The molecule has 0 aliphatic carbocycles. The number of amides is 1. The van der Waals surface area contributed by atoms with Crippen molar-refractivity contribution >= 4 is 15.1 Å². The molecule has 0 radical (unpaired) electrons. The number of nitrogens with one attached hydrogen (secondary N) is 1. The summed E-state index contributed by atoms with van der Waals surface area (Å²) in [7, 11) is 0. The van der Waals surface area contributed by atoms with Crippen LogP contribution in [0.4, 0.5) is 0 Å². The summed E-state index contributed by atoms with van der Waals surface area (Å²) in [6, 6.07) is 3.96. The van der Waals surface area contributed by atoms with E-state index in [0.29, 0.717) is 0 Å². The van der Waals surface area contributed by atoms with Gasteiger partial charge in [0, 0.05) is 0 Å². The van der Waals surface area contributed by atoms with Crippen LogP contribution in [0.1, 0.15) is 12.5 Å². The molecule has 0 unspecified atom stereocenters. The first-order valence-electron chi connectivity index (χ1n) is 4.87. The van der Waals surface area contributed by atoms with Crippen LogP contribution in [0.25, 0.3) is 0 Å². The van der Waals surface area contributed by atoms with E-state index in [9.17, 15) is 14.7 Å². The van der Waals surface area contributed by atoms with E-state index in [4.69, 9.17) is 5.11 Å². The van der Waals surface area contributed by atoms with E-state index >= 15 is 0 Å². The van der Waals surface area contributed by atoms with Crippen LogP contribution in [0.2, 0.25) is 0 Å². The van der Waals surface area contributed by atoms with Crippen molar-refractivity contribution in [2.45, 2.75) is 19.4 Å². The Morgan fingerprint density at radius 3 is 2.59 bits per heavy atom. The molecule has 0 aliphatic rings. The van der Waals surface area contributed by atoms with Gasteiger partial charge in [-0.15, -0.1) is 0 Å². The molecule has 0 fully saturated rings. The summed E-state index contributed by atoms with van der Waals surface area (Å²) in [5.41, 5.74) is 0.765. The Balaban J connectivity index is 2.82. The zero-order valence-electron chi connectivity index (χ0n) is 9.11. The number of aromatic hydroxyl groups is 1. The first-order chi connectivity index (χ1) is 7.90. The number of carboxylic acid groups (broad SMARTS) is 1. The first kappa shape index (κ1) is 13.9. The number of phenolic OH excluding ortho intramolecular Hbond substituents is 1. The van der Waals surface area contributed by atoms with Gasteiger partial charge < -0.3 is 0 Å². The zero-order chi connectivity index (χ0) is 13.0. The minimum absolute atomic E-state index is 0.191. The van der Waals surface area contributed by atoms with Gasteiger partial charge in [-0.3, -0.25) is 0 Å². The molecule has 0 bridgehead atoms. The van der Waals surface area contributed by atoms with Gasteiger partial charge in [0.1, 0.15) is 0 Å². The van der Waals surface area contributed by atoms with Gasteiger partial charge in [-0.05, 0) is 0 Å². The summed E-state index contributed by atoms with van der Waals surface area (Å²) in [5.74, 6) is -1.26. The van der Waals surface area contributed by atoms with Gasteiger partial charge in [-0.25, -0.2) is 0 Å². The third kappa shape index (κ3) is 4.31. The van der Waals surface area contributed by atoms with Gasteiger partial charge in [0.05, 0.1) is 0 Å². The predicted octanol–water partition coefficient (Wildman–Crippen LogP) is -0.301. The fourth-order valence-corrected chi connectivity index (χ4v) is 2.15. The quantitative estimate of drug-likeness (QED) is 0.610. The summed E-state index contributed by atoms with van der Waals surface area (Å²) >= 11 is 1.31. The predicted molar refractivity (Wildman–Crippen MR) is 56.7 cm³/mol. The van der Waals surface area contributed by atoms with Crippen LogP contribution in [0.5, 0.6) is 5.75 Å². The molecule has 3 N–H and O–H groups in total. The molecule has 0 heterocycles. The molecular weight excluding hydrogens is 420 g/mol. The van der Waals surface area contributed by atoms with Gasteiger partial charge in [-0.2, -0.15) is 0 Å². The van der Waals surface area contributed by atoms with Crippen LogP contribution in [-0.2, 0) is 16.0 Å². The van der Waals surface area contributed by atoms with E-state index in [1.165, 1.54) is 37.7 Å². The van der Waals surface area contributed by atoms with E-state index < -0.39 is 12.0 Å². The molecule has 1 aromatic carbocycles. The Bertz CT molecular complexity index is 447. The van der Waals surface area contributed by atoms with Crippen LogP contribution in [0.3, 0.4) is 0 Å². The van der Waals surface area contributed by atoms with E-state index in [-0.39, 0.29) is 18.1 Å². The Morgan fingerprint density at radius 1 is 1.47 bits per heavy atom. The summed E-state index contributed by atoms with van der Waals surface area (Å²) in [5, 5.41) is 20.7. The van der Waals surface area contributed by atoms with Crippen LogP contribution < -0.4 is 8.59 Å². The summed E-state index contributed by atoms with van der Waals surface area (Å²) in [6.45, 7) is 1.28. The molecule has 1 rings (SSSR count). The molecule has 92 valence electrons. The average Bonchev–Trinajstić information content (AvgIpc) is 2.21. The molecule has 5 nitrogen and oxygen atoms in total. The van der Waals surface area contributed by atoms with Crippen LogP contribution in [-0.4, -0.2) is 28.1 Å². The van der Waals surface area contributed by atoms with E-state index in [1.807, 2.05) is 0 Å². The van der Waals surface area contributed by atoms with Crippen molar-refractivity contribution in [3.8, 4) is 5.75 Å². The Labute approximate surface area is 114 Å². The molecule has 0 aromatic heterocycles. The van der Waals surface area contributed by atoms with Gasteiger partial charge in [-0.1, -0.05) is 0 Å². The van der Waals surface area contributed by atoms with Crippen molar-refractivity contribution in [2.75, 3.05) is 0 Å². The topological polar surface area (TPSA) is 86.6 Å². The second-order valence-corrected chi connectivity index (χ2v) is 5.16. The number of carbonyl (C=O) groups excluding carboxylic acids is 1. The van der Waals surface area contributed by atoms with Crippen LogP contribution in [0, 0.1) is 24.7 Å². The van der Waals surface area contributed by atoms with E-state index in [0.717, 1.165) is 8.83 Å². The van der Waals surface area contributed by atoms with Crippen LogP contribution in [0.15, 0.2) is 18.2 Å². The Hall–Kier alpha value is -1.16. The fourth-order valence-electron chi connectivity index (χ4n) is 1.36. The van der Waals surface area contributed by atoms with Crippen molar-refractivity contribution in [2.24, 2.45) is 0 Å². The minimum atomic E-state index is -1.07. The Morgan fingerprint density at radius 2 is 2.12 bits per heavy atom. The van der Waals surface area contributed by atoms with Crippen molar-refractivity contribution in [3.05, 3.63) is 23.8 Å². The molecule has 0 saturated heterocycles. The maximum atomic E-state index is 10.9. The summed E-state index contributed by atoms with van der Waals surface area (Å²) in [6.07, 6.45) is 0.199. The zero-order valence-corrected chi connectivity index (χ0v) is 12.0. The number of phenols is 1. The normalized spacial score (nSPS) is 11.9. The molecule has 0 saturated carbocycles. The van der Waals surface area contributed by atoms with Gasteiger partial charge in [0.15, 0.2) is 0 Å². The number of hydrogen-bond acceptors (Lipinski definition) is 3. The fraction of sp³-hybridized carbons (Fsp3) is 0.273. The monoisotopic (exact) mass is 432 g/mol. The summed E-state index contributed by atoms with van der Waals surface area (Å²) in [4.78, 5) is 21.8. The molecular formula is C11H12AtNO4. The maximum absolute atomic E-state index is 10.9. The number of rotatable bonds is 4. The second-order valence-electron chi connectivity index (χ2n) is 3.58. The van der Waals surface area contributed by atoms with Gasteiger partial charge >= 0.3 is 114 Å². The SMILES string of the molecule is CC(=O)N[C@@H](Cc1ccc(O)c([At])c1)C(=O)O. The van der Waals surface area contributed by atoms with Crippen molar-refractivity contribution in [1.29, 1.82) is 0 Å². The third-order valence-corrected chi connectivity index (χ3v) is 3.30. The van der Waals surface area contributed by atoms with E-state index in [1.54, 1.807) is 12.1 Å². The van der Waals surface area contributed by atoms with Crippen molar-refractivity contribution < 1.29 is 44.5 Å². The molecule has 6 heteroatoms. The van der Waals surface area contributed by atoms with Crippen LogP contribution >= 0.6 is 0 Å². The number of carboxylic acids is 1. The summed E-state index contributed by atoms with van der Waals surface area (Å²) < 4.78 is 0.731. The molecule has 1 aromatic rings. The van der Waals surface area contributed by atoms with Crippen molar-refractivity contribution in [3.63, 3.8) is 0 Å². The average molecular weight is 432 g/mol. The molecule has 0 aliphatic heterocycles.